The number of aromatic nitrogens is 2. The molecular formula is C22H19N3O2S. The lowest BCUT2D eigenvalue weighted by Gasteiger charge is -2.22. The zero-order valence-electron chi connectivity index (χ0n) is 15.9. The number of amides is 1. The third-order valence-electron chi connectivity index (χ3n) is 5.33. The van der Waals surface area contributed by atoms with Crippen LogP contribution >= 0.6 is 11.3 Å². The second-order valence-electron chi connectivity index (χ2n) is 7.20. The molecule has 6 heteroatoms. The van der Waals surface area contributed by atoms with Crippen molar-refractivity contribution in [1.82, 2.24) is 9.97 Å². The van der Waals surface area contributed by atoms with Crippen molar-refractivity contribution in [3.63, 3.8) is 0 Å². The van der Waals surface area contributed by atoms with Crippen molar-refractivity contribution in [2.45, 2.75) is 33.2 Å². The number of benzene rings is 1. The number of rotatable bonds is 2. The fourth-order valence-corrected chi connectivity index (χ4v) is 5.21. The first-order valence-corrected chi connectivity index (χ1v) is 10.1. The summed E-state index contributed by atoms with van der Waals surface area (Å²) in [7, 11) is 0. The van der Waals surface area contributed by atoms with Crippen LogP contribution in [0.4, 0.5) is 5.69 Å². The van der Waals surface area contributed by atoms with E-state index in [-0.39, 0.29) is 11.9 Å². The summed E-state index contributed by atoms with van der Waals surface area (Å²) in [6, 6.07) is 11.9. The third-order valence-corrected chi connectivity index (χ3v) is 6.51. The maximum absolute atomic E-state index is 13.5. The lowest BCUT2D eigenvalue weighted by Crippen LogP contribution is -2.35. The van der Waals surface area contributed by atoms with Crippen LogP contribution in [0.25, 0.3) is 21.8 Å². The lowest BCUT2D eigenvalue weighted by molar-refractivity contribution is 0.0985. The van der Waals surface area contributed by atoms with E-state index in [1.54, 1.807) is 6.26 Å². The maximum atomic E-state index is 13.5. The summed E-state index contributed by atoms with van der Waals surface area (Å²) in [6.45, 7) is 6.04. The number of para-hydroxylation sites is 1. The van der Waals surface area contributed by atoms with Crippen LogP contribution in [-0.4, -0.2) is 21.9 Å². The minimum absolute atomic E-state index is 0.0388. The Labute approximate surface area is 166 Å². The standard InChI is InChI=1S/C22H19N3O2S/c1-12-11-15-7-4-5-8-16(15)25(12)22(26)19-13(2)18-14(3)23-20(24-21(18)28-19)17-9-6-10-27-17/h4-10,12H,11H2,1-3H3/t12-/m1/s1. The highest BCUT2D eigenvalue weighted by Crippen LogP contribution is 2.38. The van der Waals surface area contributed by atoms with Gasteiger partial charge in [-0.15, -0.1) is 11.3 Å². The van der Waals surface area contributed by atoms with E-state index in [1.807, 2.05) is 49.1 Å². The Hall–Kier alpha value is -2.99. The van der Waals surface area contributed by atoms with Gasteiger partial charge in [-0.05, 0) is 56.5 Å². The Morgan fingerprint density at radius 3 is 2.79 bits per heavy atom. The molecule has 4 aromatic rings. The molecule has 0 saturated heterocycles. The highest BCUT2D eigenvalue weighted by molar-refractivity contribution is 7.20. The van der Waals surface area contributed by atoms with E-state index in [4.69, 9.17) is 4.42 Å². The molecular weight excluding hydrogens is 370 g/mol. The zero-order valence-corrected chi connectivity index (χ0v) is 16.7. The quantitative estimate of drug-likeness (QED) is 0.475. The van der Waals surface area contributed by atoms with Crippen LogP contribution in [0.15, 0.2) is 47.1 Å². The van der Waals surface area contributed by atoms with Crippen LogP contribution in [0.3, 0.4) is 0 Å². The van der Waals surface area contributed by atoms with Crippen LogP contribution in [0.5, 0.6) is 0 Å². The van der Waals surface area contributed by atoms with Gasteiger partial charge < -0.3 is 9.32 Å². The molecule has 1 amide bonds. The number of hydrogen-bond acceptors (Lipinski definition) is 5. The van der Waals surface area contributed by atoms with Crippen molar-refractivity contribution in [3.05, 3.63) is 64.4 Å². The summed E-state index contributed by atoms with van der Waals surface area (Å²) in [5.41, 5.74) is 4.04. The molecule has 5 nitrogen and oxygen atoms in total. The van der Waals surface area contributed by atoms with Gasteiger partial charge in [0.2, 0.25) is 0 Å². The molecule has 0 fully saturated rings. The largest absolute Gasteiger partial charge is 0.461 e. The number of thiophene rings is 1. The molecule has 0 unspecified atom stereocenters. The molecule has 1 aromatic carbocycles. The molecule has 0 bridgehead atoms. The molecule has 0 saturated carbocycles. The third kappa shape index (κ3) is 2.48. The number of carbonyl (C=O) groups excluding carboxylic acids is 1. The number of anilines is 1. The predicted molar refractivity (Wildman–Crippen MR) is 111 cm³/mol. The summed E-state index contributed by atoms with van der Waals surface area (Å²) in [4.78, 5) is 26.3. The van der Waals surface area contributed by atoms with E-state index in [0.29, 0.717) is 11.6 Å². The molecule has 1 aliphatic rings. The summed E-state index contributed by atoms with van der Waals surface area (Å²) in [6.07, 6.45) is 2.49. The normalized spacial score (nSPS) is 16.0. The van der Waals surface area contributed by atoms with Crippen molar-refractivity contribution in [2.75, 3.05) is 4.90 Å². The van der Waals surface area contributed by atoms with Gasteiger partial charge in [-0.25, -0.2) is 9.97 Å². The Morgan fingerprint density at radius 2 is 2.00 bits per heavy atom. The summed E-state index contributed by atoms with van der Waals surface area (Å²) in [5.74, 6) is 1.22. The van der Waals surface area contributed by atoms with Gasteiger partial charge >= 0.3 is 0 Å². The van der Waals surface area contributed by atoms with Gasteiger partial charge in [0.15, 0.2) is 11.6 Å². The molecule has 0 radical (unpaired) electrons. The van der Waals surface area contributed by atoms with Crippen molar-refractivity contribution in [3.8, 4) is 11.6 Å². The first kappa shape index (κ1) is 17.1. The molecule has 0 aliphatic carbocycles. The highest BCUT2D eigenvalue weighted by atomic mass is 32.1. The smallest absolute Gasteiger partial charge is 0.268 e. The first-order chi connectivity index (χ1) is 13.5. The summed E-state index contributed by atoms with van der Waals surface area (Å²) >= 11 is 1.44. The minimum atomic E-state index is 0.0388. The first-order valence-electron chi connectivity index (χ1n) is 9.27. The molecule has 0 spiro atoms. The average molecular weight is 389 g/mol. The highest BCUT2D eigenvalue weighted by Gasteiger charge is 2.33. The molecule has 28 heavy (non-hydrogen) atoms. The van der Waals surface area contributed by atoms with Crippen molar-refractivity contribution >= 4 is 33.1 Å². The summed E-state index contributed by atoms with van der Waals surface area (Å²) in [5, 5.41) is 0.962. The van der Waals surface area contributed by atoms with Gasteiger partial charge in [-0.3, -0.25) is 4.79 Å². The van der Waals surface area contributed by atoms with Crippen molar-refractivity contribution in [1.29, 1.82) is 0 Å². The van der Waals surface area contributed by atoms with Gasteiger partial charge in [0.1, 0.15) is 4.83 Å². The van der Waals surface area contributed by atoms with Crippen molar-refractivity contribution in [2.24, 2.45) is 0 Å². The van der Waals surface area contributed by atoms with E-state index in [1.165, 1.54) is 16.9 Å². The lowest BCUT2D eigenvalue weighted by atomic mass is 10.1. The number of hydrogen-bond donors (Lipinski definition) is 0. The molecule has 0 N–H and O–H groups in total. The monoisotopic (exact) mass is 389 g/mol. The number of carbonyl (C=O) groups is 1. The van der Waals surface area contributed by atoms with Crippen LogP contribution in [0.1, 0.15) is 33.4 Å². The Kier molecular flexibility index (Phi) is 3.84. The molecule has 3 aromatic heterocycles. The fourth-order valence-electron chi connectivity index (χ4n) is 4.04. The second kappa shape index (κ2) is 6.27. The number of fused-ring (bicyclic) bond motifs is 2. The van der Waals surface area contributed by atoms with E-state index in [0.717, 1.165) is 38.5 Å². The number of aryl methyl sites for hydroxylation is 2. The van der Waals surface area contributed by atoms with Crippen LogP contribution in [-0.2, 0) is 6.42 Å². The predicted octanol–water partition coefficient (Wildman–Crippen LogP) is 5.16. The van der Waals surface area contributed by atoms with Gasteiger partial charge in [0, 0.05) is 17.1 Å². The van der Waals surface area contributed by atoms with Crippen LogP contribution < -0.4 is 4.90 Å². The van der Waals surface area contributed by atoms with Gasteiger partial charge in [0.05, 0.1) is 16.8 Å². The van der Waals surface area contributed by atoms with Crippen LogP contribution in [0.2, 0.25) is 0 Å². The topological polar surface area (TPSA) is 59.2 Å². The summed E-state index contributed by atoms with van der Waals surface area (Å²) < 4.78 is 5.45. The van der Waals surface area contributed by atoms with Gasteiger partial charge in [-0.1, -0.05) is 18.2 Å². The molecule has 1 atom stereocenters. The molecule has 4 heterocycles. The minimum Gasteiger partial charge on any atom is -0.461 e. The Bertz CT molecular complexity index is 1210. The van der Waals surface area contributed by atoms with Gasteiger partial charge in [0.25, 0.3) is 5.91 Å². The van der Waals surface area contributed by atoms with E-state index < -0.39 is 0 Å². The Balaban J connectivity index is 1.63. The van der Waals surface area contributed by atoms with Crippen molar-refractivity contribution < 1.29 is 9.21 Å². The van der Waals surface area contributed by atoms with Gasteiger partial charge in [-0.2, -0.15) is 0 Å². The number of furan rings is 1. The fraction of sp³-hybridized carbons (Fsp3) is 0.227. The molecule has 140 valence electrons. The zero-order chi connectivity index (χ0) is 19.4. The number of nitrogens with zero attached hydrogens (tertiary/aromatic N) is 3. The van der Waals surface area contributed by atoms with E-state index in [9.17, 15) is 4.79 Å². The average Bonchev–Trinajstić information content (AvgIpc) is 3.38. The second-order valence-corrected chi connectivity index (χ2v) is 8.20. The van der Waals surface area contributed by atoms with E-state index in [2.05, 4.69) is 23.0 Å². The van der Waals surface area contributed by atoms with Crippen LogP contribution in [0, 0.1) is 13.8 Å². The molecule has 1 aliphatic heterocycles. The molecule has 5 rings (SSSR count). The van der Waals surface area contributed by atoms with E-state index >= 15 is 0 Å². The Morgan fingerprint density at radius 1 is 1.18 bits per heavy atom. The maximum Gasteiger partial charge on any atom is 0.268 e. The SMILES string of the molecule is Cc1nc(-c2ccco2)nc2sc(C(=O)N3c4ccccc4C[C@H]3C)c(C)c12.